The number of carbonyl (C=O) groups is 1. The summed E-state index contributed by atoms with van der Waals surface area (Å²) in [6, 6.07) is 0. The van der Waals surface area contributed by atoms with Crippen molar-refractivity contribution in [2.45, 2.75) is 65.9 Å². The van der Waals surface area contributed by atoms with Gasteiger partial charge in [0.15, 0.2) is 0 Å². The molecule has 1 atom stereocenters. The van der Waals surface area contributed by atoms with Crippen LogP contribution in [0.5, 0.6) is 0 Å². The lowest BCUT2D eigenvalue weighted by Gasteiger charge is -2.19. The minimum atomic E-state index is -0.432. The van der Waals surface area contributed by atoms with Crippen LogP contribution >= 0.6 is 0 Å². The molecule has 0 aromatic rings. The summed E-state index contributed by atoms with van der Waals surface area (Å²) in [5.74, 6) is -0.256. The molecule has 0 aliphatic heterocycles. The molecule has 0 aliphatic carbocycles. The monoisotopic (exact) mass is 216 g/mol. The van der Waals surface area contributed by atoms with Crippen LogP contribution in [0.3, 0.4) is 0 Å². The number of hydrogen-bond acceptors (Lipinski definition) is 3. The normalized spacial score (nSPS) is 13.7. The summed E-state index contributed by atoms with van der Waals surface area (Å²) >= 11 is 0. The van der Waals surface area contributed by atoms with Gasteiger partial charge in [0.05, 0.1) is 5.92 Å². The van der Waals surface area contributed by atoms with Gasteiger partial charge in [0.25, 0.3) is 0 Å². The standard InChI is InChI=1S/C12H24O3/c1-6-8-9-10(7-2)11(13)14-15-12(3,4)5/h10H,6-9H2,1-5H3. The zero-order chi connectivity index (χ0) is 11.9. The Kier molecular flexibility index (Phi) is 6.57. The topological polar surface area (TPSA) is 35.5 Å². The smallest absolute Gasteiger partial charge is 0.298 e. The molecule has 0 bridgehead atoms. The number of carbonyl (C=O) groups excluding carboxylic acids is 1. The first kappa shape index (κ1) is 14.4. The van der Waals surface area contributed by atoms with Gasteiger partial charge in [-0.1, -0.05) is 26.7 Å². The fourth-order valence-electron chi connectivity index (χ4n) is 1.17. The lowest BCUT2D eigenvalue weighted by atomic mass is 10.00. The maximum absolute atomic E-state index is 11.6. The Morgan fingerprint density at radius 1 is 1.27 bits per heavy atom. The maximum atomic E-state index is 11.6. The molecule has 0 fully saturated rings. The molecule has 0 rings (SSSR count). The van der Waals surface area contributed by atoms with E-state index in [0.717, 1.165) is 25.7 Å². The highest BCUT2D eigenvalue weighted by atomic mass is 17.2. The van der Waals surface area contributed by atoms with E-state index < -0.39 is 5.60 Å². The molecule has 0 saturated carbocycles. The second-order valence-electron chi connectivity index (χ2n) is 4.85. The maximum Gasteiger partial charge on any atom is 0.345 e. The lowest BCUT2D eigenvalue weighted by molar-refractivity contribution is -0.323. The predicted molar refractivity (Wildman–Crippen MR) is 60.2 cm³/mol. The predicted octanol–water partition coefficient (Wildman–Crippen LogP) is 3.48. The van der Waals surface area contributed by atoms with Gasteiger partial charge in [-0.3, -0.25) is 4.89 Å². The summed E-state index contributed by atoms with van der Waals surface area (Å²) in [6.45, 7) is 9.68. The summed E-state index contributed by atoms with van der Waals surface area (Å²) in [5, 5.41) is 0. The molecule has 0 spiro atoms. The average Bonchev–Trinajstić information content (AvgIpc) is 2.15. The van der Waals surface area contributed by atoms with Crippen LogP contribution in [-0.4, -0.2) is 11.6 Å². The van der Waals surface area contributed by atoms with Crippen molar-refractivity contribution >= 4 is 5.97 Å². The molecule has 0 heterocycles. The molecule has 0 amide bonds. The van der Waals surface area contributed by atoms with Crippen molar-refractivity contribution in [3.05, 3.63) is 0 Å². The number of unbranched alkanes of at least 4 members (excludes halogenated alkanes) is 1. The molecule has 0 aromatic heterocycles. The van der Waals surface area contributed by atoms with Gasteiger partial charge in [-0.15, -0.1) is 0 Å². The summed E-state index contributed by atoms with van der Waals surface area (Å²) in [4.78, 5) is 21.4. The summed E-state index contributed by atoms with van der Waals surface area (Å²) < 4.78 is 0. The van der Waals surface area contributed by atoms with Crippen molar-refractivity contribution in [1.82, 2.24) is 0 Å². The number of rotatable bonds is 6. The summed E-state index contributed by atoms with van der Waals surface area (Å²) in [6.07, 6.45) is 3.86. The van der Waals surface area contributed by atoms with Crippen molar-refractivity contribution in [2.24, 2.45) is 5.92 Å². The highest BCUT2D eigenvalue weighted by Gasteiger charge is 2.21. The van der Waals surface area contributed by atoms with Crippen molar-refractivity contribution in [3.8, 4) is 0 Å². The molecule has 90 valence electrons. The second-order valence-corrected chi connectivity index (χ2v) is 4.85. The van der Waals surface area contributed by atoms with Crippen LogP contribution in [0, 0.1) is 5.92 Å². The van der Waals surface area contributed by atoms with Gasteiger partial charge >= 0.3 is 5.97 Å². The Labute approximate surface area is 93.1 Å². The molecule has 3 heteroatoms. The van der Waals surface area contributed by atoms with Gasteiger partial charge < -0.3 is 0 Å². The quantitative estimate of drug-likeness (QED) is 0.503. The average molecular weight is 216 g/mol. The van der Waals surface area contributed by atoms with E-state index in [4.69, 9.17) is 9.78 Å². The summed E-state index contributed by atoms with van der Waals surface area (Å²) in [7, 11) is 0. The Hall–Kier alpha value is -0.570. The Bertz CT molecular complexity index is 182. The fourth-order valence-corrected chi connectivity index (χ4v) is 1.17. The minimum Gasteiger partial charge on any atom is -0.298 e. The van der Waals surface area contributed by atoms with E-state index in [2.05, 4.69) is 6.92 Å². The molecule has 0 aromatic carbocycles. The van der Waals surface area contributed by atoms with Crippen molar-refractivity contribution in [1.29, 1.82) is 0 Å². The largest absolute Gasteiger partial charge is 0.345 e. The molecule has 0 N–H and O–H groups in total. The van der Waals surface area contributed by atoms with Crippen LogP contribution in [0.25, 0.3) is 0 Å². The van der Waals surface area contributed by atoms with Crippen LogP contribution in [0.1, 0.15) is 60.3 Å². The third kappa shape index (κ3) is 7.37. The van der Waals surface area contributed by atoms with Gasteiger partial charge in [0, 0.05) is 0 Å². The lowest BCUT2D eigenvalue weighted by Crippen LogP contribution is -2.25. The third-order valence-corrected chi connectivity index (χ3v) is 2.11. The molecule has 1 unspecified atom stereocenters. The van der Waals surface area contributed by atoms with Crippen molar-refractivity contribution in [2.75, 3.05) is 0 Å². The second kappa shape index (κ2) is 6.83. The van der Waals surface area contributed by atoms with E-state index in [1.807, 2.05) is 27.7 Å². The molecule has 15 heavy (non-hydrogen) atoms. The van der Waals surface area contributed by atoms with E-state index in [1.165, 1.54) is 0 Å². The van der Waals surface area contributed by atoms with Gasteiger partial charge in [-0.05, 0) is 33.6 Å². The Morgan fingerprint density at radius 2 is 1.87 bits per heavy atom. The molecule has 0 radical (unpaired) electrons. The molecule has 0 saturated heterocycles. The van der Waals surface area contributed by atoms with Crippen LogP contribution in [-0.2, 0) is 14.6 Å². The van der Waals surface area contributed by atoms with Gasteiger partial charge in [0.2, 0.25) is 0 Å². The minimum absolute atomic E-state index is 0.0210. The van der Waals surface area contributed by atoms with E-state index in [1.54, 1.807) is 0 Å². The highest BCUT2D eigenvalue weighted by Crippen LogP contribution is 2.16. The van der Waals surface area contributed by atoms with Crippen LogP contribution < -0.4 is 0 Å². The molecule has 0 aliphatic rings. The zero-order valence-electron chi connectivity index (χ0n) is 10.6. The molecular weight excluding hydrogens is 192 g/mol. The zero-order valence-corrected chi connectivity index (χ0v) is 10.6. The van der Waals surface area contributed by atoms with Crippen LogP contribution in [0.4, 0.5) is 0 Å². The highest BCUT2D eigenvalue weighted by molar-refractivity contribution is 5.71. The van der Waals surface area contributed by atoms with E-state index in [9.17, 15) is 4.79 Å². The van der Waals surface area contributed by atoms with Crippen LogP contribution in [0.15, 0.2) is 0 Å². The fraction of sp³-hybridized carbons (Fsp3) is 0.917. The van der Waals surface area contributed by atoms with Gasteiger partial charge in [-0.25, -0.2) is 4.79 Å². The Morgan fingerprint density at radius 3 is 2.27 bits per heavy atom. The SMILES string of the molecule is CCCCC(CC)C(=O)OOC(C)(C)C. The van der Waals surface area contributed by atoms with Crippen molar-refractivity contribution in [3.63, 3.8) is 0 Å². The summed E-state index contributed by atoms with van der Waals surface area (Å²) in [5.41, 5.74) is -0.432. The van der Waals surface area contributed by atoms with Gasteiger partial charge in [0.1, 0.15) is 5.60 Å². The van der Waals surface area contributed by atoms with Crippen LogP contribution in [0.2, 0.25) is 0 Å². The van der Waals surface area contributed by atoms with Crippen molar-refractivity contribution < 1.29 is 14.6 Å². The molecule has 3 nitrogen and oxygen atoms in total. The van der Waals surface area contributed by atoms with E-state index in [-0.39, 0.29) is 11.9 Å². The van der Waals surface area contributed by atoms with Gasteiger partial charge in [-0.2, -0.15) is 4.89 Å². The Balaban J connectivity index is 3.94. The first-order valence-electron chi connectivity index (χ1n) is 5.80. The third-order valence-electron chi connectivity index (χ3n) is 2.11. The molecular formula is C12H24O3. The number of hydrogen-bond donors (Lipinski definition) is 0. The first-order chi connectivity index (χ1) is 6.90. The van der Waals surface area contributed by atoms with E-state index in [0.29, 0.717) is 0 Å². The van der Waals surface area contributed by atoms with E-state index >= 15 is 0 Å². The first-order valence-corrected chi connectivity index (χ1v) is 5.80.